The summed E-state index contributed by atoms with van der Waals surface area (Å²) in [6, 6.07) is 52.6. The number of para-hydroxylation sites is 1. The van der Waals surface area contributed by atoms with Gasteiger partial charge in [0.15, 0.2) is 0 Å². The predicted octanol–water partition coefficient (Wildman–Crippen LogP) is 10.8. The van der Waals surface area contributed by atoms with Crippen molar-refractivity contribution in [2.75, 3.05) is 0 Å². The summed E-state index contributed by atoms with van der Waals surface area (Å²) in [5.41, 5.74) is 9.47. The standard InChI is InChI=1S/C39H24N2S/c1-2-9-26(10-3-1)39-40-34-13-7-15-36-37(34)41(39)35-14-6-12-33(38(35)42-36)32-21-20-30-23-29(18-19-31(30)24-32)28-17-16-25-8-4-5-11-27(25)22-28/h1-24H. The third kappa shape index (κ3) is 3.64. The number of nitrogens with zero attached hydrogens (tertiary/aromatic N) is 2. The lowest BCUT2D eigenvalue weighted by Gasteiger charge is -2.23. The SMILES string of the molecule is c1ccc(-c2nc3cccc4c3n2-c2cccc(-c3ccc5cc(-c6ccc7ccccc7c6)ccc5c3)c2S4)cc1. The Morgan fingerprint density at radius 2 is 1.12 bits per heavy atom. The first-order chi connectivity index (χ1) is 20.8. The van der Waals surface area contributed by atoms with Crippen LogP contribution in [0.15, 0.2) is 155 Å². The molecule has 0 N–H and O–H groups in total. The zero-order chi connectivity index (χ0) is 27.6. The molecular weight excluding hydrogens is 529 g/mol. The van der Waals surface area contributed by atoms with Gasteiger partial charge >= 0.3 is 0 Å². The first-order valence-corrected chi connectivity index (χ1v) is 15.0. The van der Waals surface area contributed by atoms with Gasteiger partial charge in [-0.25, -0.2) is 4.98 Å². The number of imidazole rings is 1. The fourth-order valence-electron chi connectivity index (χ4n) is 6.30. The van der Waals surface area contributed by atoms with Gasteiger partial charge in [-0.05, 0) is 80.2 Å². The van der Waals surface area contributed by atoms with Gasteiger partial charge in [0.2, 0.25) is 0 Å². The highest BCUT2D eigenvalue weighted by Gasteiger charge is 2.26. The Hall–Kier alpha value is -5.12. The minimum Gasteiger partial charge on any atom is -0.290 e. The van der Waals surface area contributed by atoms with E-state index in [1.165, 1.54) is 64.8 Å². The lowest BCUT2D eigenvalue weighted by Crippen LogP contribution is -2.04. The quantitative estimate of drug-likeness (QED) is 0.217. The molecule has 0 aliphatic carbocycles. The van der Waals surface area contributed by atoms with Crippen LogP contribution >= 0.6 is 11.8 Å². The highest BCUT2D eigenvalue weighted by Crippen LogP contribution is 2.49. The maximum atomic E-state index is 5.10. The van der Waals surface area contributed by atoms with E-state index in [1.807, 2.05) is 11.8 Å². The summed E-state index contributed by atoms with van der Waals surface area (Å²) in [5.74, 6) is 0.983. The van der Waals surface area contributed by atoms with E-state index >= 15 is 0 Å². The zero-order valence-electron chi connectivity index (χ0n) is 22.7. The van der Waals surface area contributed by atoms with Crippen molar-refractivity contribution in [1.82, 2.24) is 9.55 Å². The van der Waals surface area contributed by atoms with Crippen LogP contribution in [-0.2, 0) is 0 Å². The van der Waals surface area contributed by atoms with E-state index < -0.39 is 0 Å². The van der Waals surface area contributed by atoms with Crippen molar-refractivity contribution in [3.8, 4) is 39.3 Å². The molecular formula is C39H24N2S. The highest BCUT2D eigenvalue weighted by molar-refractivity contribution is 8.00. The molecule has 0 atom stereocenters. The van der Waals surface area contributed by atoms with Crippen LogP contribution in [0.2, 0.25) is 0 Å². The van der Waals surface area contributed by atoms with Crippen LogP contribution in [0.5, 0.6) is 0 Å². The van der Waals surface area contributed by atoms with Crippen molar-refractivity contribution in [2.45, 2.75) is 9.79 Å². The van der Waals surface area contributed by atoms with Crippen molar-refractivity contribution in [1.29, 1.82) is 0 Å². The van der Waals surface area contributed by atoms with Crippen molar-refractivity contribution in [3.05, 3.63) is 146 Å². The van der Waals surface area contributed by atoms with E-state index in [0.29, 0.717) is 0 Å². The van der Waals surface area contributed by atoms with Crippen molar-refractivity contribution < 1.29 is 0 Å². The van der Waals surface area contributed by atoms with Gasteiger partial charge in [-0.3, -0.25) is 4.57 Å². The minimum absolute atomic E-state index is 0.983. The summed E-state index contributed by atoms with van der Waals surface area (Å²) in [6.07, 6.45) is 0. The molecule has 3 heteroatoms. The molecule has 1 aromatic heterocycles. The van der Waals surface area contributed by atoms with Crippen LogP contribution in [-0.4, -0.2) is 9.55 Å². The van der Waals surface area contributed by atoms with Gasteiger partial charge in [-0.1, -0.05) is 121 Å². The molecule has 0 spiro atoms. The van der Waals surface area contributed by atoms with Crippen LogP contribution in [0.25, 0.3) is 71.9 Å². The summed E-state index contributed by atoms with van der Waals surface area (Å²) < 4.78 is 2.35. The van der Waals surface area contributed by atoms with Crippen LogP contribution in [0.4, 0.5) is 0 Å². The Kier molecular flexibility index (Phi) is 5.16. The average molecular weight is 553 g/mol. The average Bonchev–Trinajstić information content (AvgIpc) is 3.45. The van der Waals surface area contributed by atoms with E-state index in [0.717, 1.165) is 16.9 Å². The van der Waals surface area contributed by atoms with E-state index in [-0.39, 0.29) is 0 Å². The fraction of sp³-hybridized carbons (Fsp3) is 0. The summed E-state index contributed by atoms with van der Waals surface area (Å²) in [4.78, 5) is 7.60. The monoisotopic (exact) mass is 552 g/mol. The highest BCUT2D eigenvalue weighted by atomic mass is 32.2. The Morgan fingerprint density at radius 3 is 1.93 bits per heavy atom. The Labute approximate surface area is 247 Å². The smallest absolute Gasteiger partial charge is 0.145 e. The number of benzene rings is 7. The predicted molar refractivity (Wildman–Crippen MR) is 177 cm³/mol. The number of hydrogen-bond acceptors (Lipinski definition) is 2. The molecule has 196 valence electrons. The number of aromatic nitrogens is 2. The summed E-state index contributed by atoms with van der Waals surface area (Å²) in [7, 11) is 0. The van der Waals surface area contributed by atoms with Crippen LogP contribution < -0.4 is 0 Å². The third-order valence-corrected chi connectivity index (χ3v) is 9.54. The molecule has 0 amide bonds. The molecule has 1 aliphatic heterocycles. The molecule has 0 saturated carbocycles. The first kappa shape index (κ1) is 23.6. The fourth-order valence-corrected chi connectivity index (χ4v) is 7.52. The molecule has 0 bridgehead atoms. The Morgan fingerprint density at radius 1 is 0.476 bits per heavy atom. The molecule has 0 unspecified atom stereocenters. The van der Waals surface area contributed by atoms with Gasteiger partial charge in [0, 0.05) is 15.4 Å². The second kappa shape index (κ2) is 9.20. The number of hydrogen-bond donors (Lipinski definition) is 0. The van der Waals surface area contributed by atoms with Crippen LogP contribution in [0.1, 0.15) is 0 Å². The second-order valence-corrected chi connectivity index (χ2v) is 11.9. The van der Waals surface area contributed by atoms with Crippen molar-refractivity contribution in [3.63, 3.8) is 0 Å². The third-order valence-electron chi connectivity index (χ3n) is 8.35. The van der Waals surface area contributed by atoms with Gasteiger partial charge in [0.05, 0.1) is 16.7 Å². The zero-order valence-corrected chi connectivity index (χ0v) is 23.5. The van der Waals surface area contributed by atoms with E-state index in [4.69, 9.17) is 4.98 Å². The molecule has 0 saturated heterocycles. The molecule has 42 heavy (non-hydrogen) atoms. The lowest BCUT2D eigenvalue weighted by atomic mass is 9.96. The molecule has 0 radical (unpaired) electrons. The topological polar surface area (TPSA) is 17.8 Å². The van der Waals surface area contributed by atoms with E-state index in [2.05, 4.69) is 150 Å². The van der Waals surface area contributed by atoms with Gasteiger partial charge in [-0.15, -0.1) is 0 Å². The maximum Gasteiger partial charge on any atom is 0.145 e. The van der Waals surface area contributed by atoms with Gasteiger partial charge in [0.25, 0.3) is 0 Å². The first-order valence-electron chi connectivity index (χ1n) is 14.2. The molecule has 8 aromatic rings. The van der Waals surface area contributed by atoms with E-state index in [1.54, 1.807) is 0 Å². The Bertz CT molecular complexity index is 2330. The molecule has 9 rings (SSSR count). The molecule has 2 nitrogen and oxygen atoms in total. The van der Waals surface area contributed by atoms with Crippen molar-refractivity contribution in [2.24, 2.45) is 0 Å². The normalized spacial score (nSPS) is 12.2. The Balaban J connectivity index is 1.17. The van der Waals surface area contributed by atoms with Crippen LogP contribution in [0, 0.1) is 0 Å². The maximum absolute atomic E-state index is 5.10. The molecule has 0 fully saturated rings. The largest absolute Gasteiger partial charge is 0.290 e. The number of fused-ring (bicyclic) bond motifs is 4. The number of rotatable bonds is 3. The second-order valence-electron chi connectivity index (χ2n) is 10.9. The van der Waals surface area contributed by atoms with Crippen molar-refractivity contribution >= 4 is 44.3 Å². The van der Waals surface area contributed by atoms with Gasteiger partial charge in [-0.2, -0.15) is 0 Å². The van der Waals surface area contributed by atoms with Gasteiger partial charge < -0.3 is 0 Å². The van der Waals surface area contributed by atoms with Gasteiger partial charge in [0.1, 0.15) is 5.82 Å². The lowest BCUT2D eigenvalue weighted by molar-refractivity contribution is 1.04. The van der Waals surface area contributed by atoms with Crippen LogP contribution in [0.3, 0.4) is 0 Å². The molecule has 2 heterocycles. The summed E-state index contributed by atoms with van der Waals surface area (Å²) in [6.45, 7) is 0. The molecule has 7 aromatic carbocycles. The summed E-state index contributed by atoms with van der Waals surface area (Å²) in [5, 5.41) is 5.02. The summed E-state index contributed by atoms with van der Waals surface area (Å²) >= 11 is 1.85. The van der Waals surface area contributed by atoms with E-state index in [9.17, 15) is 0 Å². The minimum atomic E-state index is 0.983. The molecule has 1 aliphatic rings.